The summed E-state index contributed by atoms with van der Waals surface area (Å²) in [7, 11) is 1.77. The van der Waals surface area contributed by atoms with Crippen LogP contribution >= 0.6 is 0 Å². The first-order valence-electron chi connectivity index (χ1n) is 3.29. The van der Waals surface area contributed by atoms with Gasteiger partial charge in [-0.1, -0.05) is 11.1 Å². The van der Waals surface area contributed by atoms with Crippen LogP contribution in [0.25, 0.3) is 0 Å². The summed E-state index contributed by atoms with van der Waals surface area (Å²) in [6.45, 7) is 0.0955. The lowest BCUT2D eigenvalue weighted by Crippen LogP contribution is -1.93. The summed E-state index contributed by atoms with van der Waals surface area (Å²) in [5.74, 6) is 5.60. The molecule has 1 aromatic rings. The molecular weight excluding hydrogens is 142 g/mol. The van der Waals surface area contributed by atoms with Crippen molar-refractivity contribution in [2.45, 2.75) is 6.42 Å². The highest BCUT2D eigenvalue weighted by Gasteiger charge is 1.91. The standard InChI is InChI=1S/C7H9N3O/c1-10-7(6-8-9-10)4-2-3-5-11/h6,11H,3,5H2,1H3. The van der Waals surface area contributed by atoms with Crippen molar-refractivity contribution in [3.63, 3.8) is 0 Å². The number of nitrogens with zero attached hydrogens (tertiary/aromatic N) is 3. The van der Waals surface area contributed by atoms with E-state index < -0.39 is 0 Å². The van der Waals surface area contributed by atoms with Crippen LogP contribution in [0, 0.1) is 11.8 Å². The minimum atomic E-state index is 0.0955. The van der Waals surface area contributed by atoms with Crippen molar-refractivity contribution in [3.05, 3.63) is 11.9 Å². The SMILES string of the molecule is Cn1nncc1C#CCCO. The molecule has 0 radical (unpaired) electrons. The average molecular weight is 151 g/mol. The molecule has 0 aromatic carbocycles. The van der Waals surface area contributed by atoms with Crippen LogP contribution in [0.5, 0.6) is 0 Å². The first kappa shape index (κ1) is 7.76. The Kier molecular flexibility index (Phi) is 2.64. The summed E-state index contributed by atoms with van der Waals surface area (Å²) in [6, 6.07) is 0. The van der Waals surface area contributed by atoms with Crippen molar-refractivity contribution in [1.29, 1.82) is 0 Å². The van der Waals surface area contributed by atoms with E-state index in [-0.39, 0.29) is 6.61 Å². The van der Waals surface area contributed by atoms with Crippen molar-refractivity contribution >= 4 is 0 Å². The van der Waals surface area contributed by atoms with Gasteiger partial charge in [-0.15, -0.1) is 5.10 Å². The zero-order chi connectivity index (χ0) is 8.10. The molecule has 0 bridgehead atoms. The van der Waals surface area contributed by atoms with Crippen molar-refractivity contribution in [1.82, 2.24) is 15.0 Å². The van der Waals surface area contributed by atoms with Gasteiger partial charge in [-0.25, -0.2) is 4.68 Å². The number of hydrogen-bond acceptors (Lipinski definition) is 3. The highest BCUT2D eigenvalue weighted by Crippen LogP contribution is 1.88. The van der Waals surface area contributed by atoms with Gasteiger partial charge in [-0.05, 0) is 5.92 Å². The molecule has 0 aliphatic heterocycles. The third kappa shape index (κ3) is 2.06. The summed E-state index contributed by atoms with van der Waals surface area (Å²) in [6.07, 6.45) is 2.08. The molecular formula is C7H9N3O. The Morgan fingerprint density at radius 2 is 2.55 bits per heavy atom. The summed E-state index contributed by atoms with van der Waals surface area (Å²) >= 11 is 0. The fraction of sp³-hybridized carbons (Fsp3) is 0.429. The van der Waals surface area contributed by atoms with Gasteiger partial charge < -0.3 is 5.11 Å². The van der Waals surface area contributed by atoms with Crippen molar-refractivity contribution in [2.24, 2.45) is 7.05 Å². The van der Waals surface area contributed by atoms with Crippen molar-refractivity contribution in [3.8, 4) is 11.8 Å². The lowest BCUT2D eigenvalue weighted by molar-refractivity contribution is 0.305. The van der Waals surface area contributed by atoms with Gasteiger partial charge in [0.2, 0.25) is 0 Å². The summed E-state index contributed by atoms with van der Waals surface area (Å²) in [5, 5.41) is 15.8. The van der Waals surface area contributed by atoms with Gasteiger partial charge >= 0.3 is 0 Å². The smallest absolute Gasteiger partial charge is 0.131 e. The number of aliphatic hydroxyl groups excluding tert-OH is 1. The topological polar surface area (TPSA) is 50.9 Å². The molecule has 0 atom stereocenters. The molecule has 0 saturated heterocycles. The van der Waals surface area contributed by atoms with Crippen LogP contribution in [-0.2, 0) is 7.05 Å². The summed E-state index contributed by atoms with van der Waals surface area (Å²) < 4.78 is 1.59. The Bertz CT molecular complexity index is 281. The fourth-order valence-electron chi connectivity index (χ4n) is 0.612. The van der Waals surface area contributed by atoms with Gasteiger partial charge in [-0.2, -0.15) is 0 Å². The molecule has 11 heavy (non-hydrogen) atoms. The van der Waals surface area contributed by atoms with E-state index in [9.17, 15) is 0 Å². The highest BCUT2D eigenvalue weighted by molar-refractivity contribution is 5.24. The quantitative estimate of drug-likeness (QED) is 0.553. The number of aryl methyl sites for hydroxylation is 1. The molecule has 0 spiro atoms. The number of aromatic nitrogens is 3. The zero-order valence-corrected chi connectivity index (χ0v) is 6.28. The van der Waals surface area contributed by atoms with E-state index in [2.05, 4.69) is 22.2 Å². The first-order chi connectivity index (χ1) is 5.34. The predicted octanol–water partition coefficient (Wildman–Crippen LogP) is -0.451. The number of hydrogen-bond donors (Lipinski definition) is 1. The molecule has 1 heterocycles. The molecule has 1 aromatic heterocycles. The van der Waals surface area contributed by atoms with E-state index in [4.69, 9.17) is 5.11 Å². The second-order valence-corrected chi connectivity index (χ2v) is 2.02. The van der Waals surface area contributed by atoms with Gasteiger partial charge in [0.05, 0.1) is 12.8 Å². The molecule has 58 valence electrons. The minimum Gasteiger partial charge on any atom is -0.395 e. The van der Waals surface area contributed by atoms with Crippen LogP contribution in [0.2, 0.25) is 0 Å². The molecule has 1 N–H and O–H groups in total. The predicted molar refractivity (Wildman–Crippen MR) is 39.6 cm³/mol. The molecule has 0 saturated carbocycles. The molecule has 4 heteroatoms. The van der Waals surface area contributed by atoms with Gasteiger partial charge in [0.15, 0.2) is 0 Å². The number of rotatable bonds is 1. The monoisotopic (exact) mass is 151 g/mol. The summed E-state index contributed by atoms with van der Waals surface area (Å²) in [4.78, 5) is 0. The van der Waals surface area contributed by atoms with E-state index in [0.29, 0.717) is 6.42 Å². The van der Waals surface area contributed by atoms with Crippen molar-refractivity contribution < 1.29 is 5.11 Å². The van der Waals surface area contributed by atoms with E-state index in [1.165, 1.54) is 0 Å². The van der Waals surface area contributed by atoms with Crippen LogP contribution < -0.4 is 0 Å². The van der Waals surface area contributed by atoms with Crippen molar-refractivity contribution in [2.75, 3.05) is 6.61 Å². The molecule has 0 fully saturated rings. The average Bonchev–Trinajstić information content (AvgIpc) is 2.37. The van der Waals surface area contributed by atoms with Crippen LogP contribution in [0.1, 0.15) is 12.1 Å². The Labute approximate surface area is 64.8 Å². The van der Waals surface area contributed by atoms with Gasteiger partial charge in [-0.3, -0.25) is 0 Å². The lowest BCUT2D eigenvalue weighted by atomic mass is 10.4. The first-order valence-corrected chi connectivity index (χ1v) is 3.29. The zero-order valence-electron chi connectivity index (χ0n) is 6.28. The third-order valence-corrected chi connectivity index (χ3v) is 1.17. The Hall–Kier alpha value is -1.34. The largest absolute Gasteiger partial charge is 0.395 e. The van der Waals surface area contributed by atoms with Gasteiger partial charge in [0, 0.05) is 13.5 Å². The molecule has 0 amide bonds. The van der Waals surface area contributed by atoms with E-state index >= 15 is 0 Å². The van der Waals surface area contributed by atoms with Crippen LogP contribution in [0.3, 0.4) is 0 Å². The highest BCUT2D eigenvalue weighted by atomic mass is 16.2. The maximum atomic E-state index is 8.42. The normalized spacial score (nSPS) is 8.91. The lowest BCUT2D eigenvalue weighted by Gasteiger charge is -1.86. The van der Waals surface area contributed by atoms with Gasteiger partial charge in [0.25, 0.3) is 0 Å². The minimum absolute atomic E-state index is 0.0955. The number of aliphatic hydroxyl groups is 1. The van der Waals surface area contributed by atoms with Crippen LogP contribution in [0.15, 0.2) is 6.20 Å². The second kappa shape index (κ2) is 3.74. The third-order valence-electron chi connectivity index (χ3n) is 1.17. The Morgan fingerprint density at radius 3 is 3.09 bits per heavy atom. The van der Waals surface area contributed by atoms with E-state index in [1.807, 2.05) is 0 Å². The fourth-order valence-corrected chi connectivity index (χ4v) is 0.612. The summed E-state index contributed by atoms with van der Waals surface area (Å²) in [5.41, 5.74) is 0.762. The molecule has 4 nitrogen and oxygen atoms in total. The maximum absolute atomic E-state index is 8.42. The Balaban J connectivity index is 2.65. The van der Waals surface area contributed by atoms with E-state index in [1.54, 1.807) is 17.9 Å². The maximum Gasteiger partial charge on any atom is 0.131 e. The van der Waals surface area contributed by atoms with Crippen LogP contribution in [-0.4, -0.2) is 26.7 Å². The van der Waals surface area contributed by atoms with E-state index in [0.717, 1.165) is 5.69 Å². The van der Waals surface area contributed by atoms with Crippen LogP contribution in [0.4, 0.5) is 0 Å². The van der Waals surface area contributed by atoms with Gasteiger partial charge in [0.1, 0.15) is 5.69 Å². The second-order valence-electron chi connectivity index (χ2n) is 2.02. The molecule has 0 aliphatic carbocycles. The molecule has 1 rings (SSSR count). The molecule has 0 unspecified atom stereocenters. The molecule has 0 aliphatic rings. The Morgan fingerprint density at radius 1 is 1.73 bits per heavy atom.